The summed E-state index contributed by atoms with van der Waals surface area (Å²) in [7, 11) is 0. The molecule has 144 valence electrons. The fourth-order valence-electron chi connectivity index (χ4n) is 3.34. The number of piperidine rings is 1. The Bertz CT molecular complexity index is 767. The highest BCUT2D eigenvalue weighted by atomic mass is 16.1. The molecule has 3 rings (SSSR count). The minimum Gasteiger partial charge on any atom is -0.350 e. The summed E-state index contributed by atoms with van der Waals surface area (Å²) in [6.45, 7) is 9.41. The highest BCUT2D eigenvalue weighted by molar-refractivity contribution is 5.91. The molecule has 2 aromatic rings. The van der Waals surface area contributed by atoms with Gasteiger partial charge in [-0.05, 0) is 45.3 Å². The SMILES string of the molecule is CC(C)(C)N1CCC(NC(=O)C=Cc2cn(Cc3ccccc3)nn2)CC1. The van der Waals surface area contributed by atoms with Gasteiger partial charge in [0.05, 0.1) is 12.7 Å². The van der Waals surface area contributed by atoms with E-state index in [9.17, 15) is 4.79 Å². The fraction of sp³-hybridized carbons (Fsp3) is 0.476. The number of amides is 1. The van der Waals surface area contributed by atoms with Crippen molar-refractivity contribution in [3.05, 3.63) is 53.9 Å². The predicted octanol–water partition coefficient (Wildman–Crippen LogP) is 2.72. The van der Waals surface area contributed by atoms with Crippen molar-refractivity contribution in [2.45, 2.75) is 51.7 Å². The molecule has 0 radical (unpaired) electrons. The maximum atomic E-state index is 12.2. The number of likely N-dealkylation sites (tertiary alicyclic amines) is 1. The van der Waals surface area contributed by atoms with Crippen LogP contribution in [0.25, 0.3) is 6.08 Å². The largest absolute Gasteiger partial charge is 0.350 e. The van der Waals surface area contributed by atoms with Crippen molar-refractivity contribution in [2.24, 2.45) is 0 Å². The van der Waals surface area contributed by atoms with E-state index in [2.05, 4.69) is 53.4 Å². The molecule has 6 heteroatoms. The quantitative estimate of drug-likeness (QED) is 0.826. The van der Waals surface area contributed by atoms with Gasteiger partial charge in [-0.3, -0.25) is 9.69 Å². The monoisotopic (exact) mass is 367 g/mol. The molecular formula is C21H29N5O. The van der Waals surface area contributed by atoms with E-state index in [-0.39, 0.29) is 17.5 Å². The van der Waals surface area contributed by atoms with Crippen LogP contribution in [0.1, 0.15) is 44.9 Å². The van der Waals surface area contributed by atoms with Gasteiger partial charge in [0.25, 0.3) is 0 Å². The van der Waals surface area contributed by atoms with Crippen LogP contribution in [0.4, 0.5) is 0 Å². The fourth-order valence-corrected chi connectivity index (χ4v) is 3.34. The van der Waals surface area contributed by atoms with Gasteiger partial charge in [-0.1, -0.05) is 35.5 Å². The topological polar surface area (TPSA) is 63.1 Å². The number of nitrogens with one attached hydrogen (secondary N) is 1. The minimum atomic E-state index is -0.0678. The van der Waals surface area contributed by atoms with Gasteiger partial charge in [0.15, 0.2) is 0 Å². The third-order valence-corrected chi connectivity index (χ3v) is 4.94. The summed E-state index contributed by atoms with van der Waals surface area (Å²) >= 11 is 0. The van der Waals surface area contributed by atoms with E-state index < -0.39 is 0 Å². The first-order chi connectivity index (χ1) is 12.9. The highest BCUT2D eigenvalue weighted by Gasteiger charge is 2.27. The zero-order valence-corrected chi connectivity index (χ0v) is 16.4. The number of hydrogen-bond donors (Lipinski definition) is 1. The van der Waals surface area contributed by atoms with Crippen molar-refractivity contribution in [3.63, 3.8) is 0 Å². The van der Waals surface area contributed by atoms with Gasteiger partial charge in [0.2, 0.25) is 5.91 Å². The molecule has 1 N–H and O–H groups in total. The molecule has 1 amide bonds. The Kier molecular flexibility index (Phi) is 6.06. The van der Waals surface area contributed by atoms with Gasteiger partial charge >= 0.3 is 0 Å². The molecule has 0 saturated carbocycles. The molecule has 0 bridgehead atoms. The summed E-state index contributed by atoms with van der Waals surface area (Å²) in [5.74, 6) is -0.0678. The Morgan fingerprint density at radius 2 is 1.93 bits per heavy atom. The Balaban J connectivity index is 1.47. The highest BCUT2D eigenvalue weighted by Crippen LogP contribution is 2.20. The van der Waals surface area contributed by atoms with Crippen molar-refractivity contribution in [1.82, 2.24) is 25.2 Å². The standard InChI is InChI=1S/C21H29N5O/c1-21(2,3)25-13-11-18(12-14-25)22-20(27)10-9-19-16-26(24-23-19)15-17-7-5-4-6-8-17/h4-10,16,18H,11-15H2,1-3H3,(H,22,27). The number of nitrogens with zero attached hydrogens (tertiary/aromatic N) is 4. The minimum absolute atomic E-state index is 0.0678. The zero-order valence-electron chi connectivity index (χ0n) is 16.4. The zero-order chi connectivity index (χ0) is 19.3. The van der Waals surface area contributed by atoms with E-state index in [0.717, 1.165) is 31.5 Å². The average molecular weight is 367 g/mol. The summed E-state index contributed by atoms with van der Waals surface area (Å²) < 4.78 is 1.77. The van der Waals surface area contributed by atoms with Gasteiger partial charge < -0.3 is 5.32 Å². The number of aromatic nitrogens is 3. The molecule has 0 spiro atoms. The molecule has 1 aliphatic rings. The van der Waals surface area contributed by atoms with Crippen LogP contribution in [0.3, 0.4) is 0 Å². The number of hydrogen-bond acceptors (Lipinski definition) is 4. The summed E-state index contributed by atoms with van der Waals surface area (Å²) in [5.41, 5.74) is 2.04. The van der Waals surface area contributed by atoms with Crippen LogP contribution in [0, 0.1) is 0 Å². The first-order valence-electron chi connectivity index (χ1n) is 9.58. The lowest BCUT2D eigenvalue weighted by molar-refractivity contribution is -0.117. The molecule has 0 atom stereocenters. The van der Waals surface area contributed by atoms with Gasteiger partial charge in [-0.25, -0.2) is 4.68 Å². The molecular weight excluding hydrogens is 338 g/mol. The van der Waals surface area contributed by atoms with Gasteiger partial charge in [-0.2, -0.15) is 0 Å². The summed E-state index contributed by atoms with van der Waals surface area (Å²) in [4.78, 5) is 14.7. The van der Waals surface area contributed by atoms with Crippen LogP contribution in [0.15, 0.2) is 42.6 Å². The van der Waals surface area contributed by atoms with Gasteiger partial charge in [0, 0.05) is 30.7 Å². The Labute approximate surface area is 161 Å². The lowest BCUT2D eigenvalue weighted by atomic mass is 9.98. The molecule has 0 unspecified atom stereocenters. The second-order valence-electron chi connectivity index (χ2n) is 8.10. The van der Waals surface area contributed by atoms with Crippen LogP contribution in [0.5, 0.6) is 0 Å². The first kappa shape index (κ1) is 19.3. The summed E-state index contributed by atoms with van der Waals surface area (Å²) in [6, 6.07) is 10.3. The third kappa shape index (κ3) is 5.76. The maximum Gasteiger partial charge on any atom is 0.244 e. The van der Waals surface area contributed by atoms with Crippen molar-refractivity contribution in [1.29, 1.82) is 0 Å². The van der Waals surface area contributed by atoms with Crippen molar-refractivity contribution in [3.8, 4) is 0 Å². The van der Waals surface area contributed by atoms with E-state index in [1.54, 1.807) is 16.8 Å². The van der Waals surface area contributed by atoms with Crippen LogP contribution < -0.4 is 5.32 Å². The molecule has 2 heterocycles. The second kappa shape index (κ2) is 8.48. The maximum absolute atomic E-state index is 12.2. The molecule has 6 nitrogen and oxygen atoms in total. The van der Waals surface area contributed by atoms with Crippen molar-refractivity contribution >= 4 is 12.0 Å². The molecule has 0 aliphatic carbocycles. The van der Waals surface area contributed by atoms with E-state index >= 15 is 0 Å². The number of benzene rings is 1. The number of rotatable bonds is 5. The third-order valence-electron chi connectivity index (χ3n) is 4.94. The van der Waals surface area contributed by atoms with E-state index in [4.69, 9.17) is 0 Å². The van der Waals surface area contributed by atoms with Crippen LogP contribution in [0.2, 0.25) is 0 Å². The predicted molar refractivity (Wildman–Crippen MR) is 107 cm³/mol. The van der Waals surface area contributed by atoms with Crippen molar-refractivity contribution < 1.29 is 4.79 Å². The molecule has 1 saturated heterocycles. The second-order valence-corrected chi connectivity index (χ2v) is 8.10. The summed E-state index contributed by atoms with van der Waals surface area (Å²) in [6.07, 6.45) is 7.09. The molecule has 27 heavy (non-hydrogen) atoms. The molecule has 1 aromatic heterocycles. The van der Waals surface area contributed by atoms with Crippen LogP contribution in [-0.2, 0) is 11.3 Å². The van der Waals surface area contributed by atoms with E-state index in [0.29, 0.717) is 12.2 Å². The van der Waals surface area contributed by atoms with Crippen LogP contribution in [-0.4, -0.2) is 50.5 Å². The smallest absolute Gasteiger partial charge is 0.244 e. The number of carbonyl (C=O) groups excluding carboxylic acids is 1. The average Bonchev–Trinajstić information content (AvgIpc) is 3.08. The molecule has 1 fully saturated rings. The van der Waals surface area contributed by atoms with Gasteiger partial charge in [0.1, 0.15) is 5.69 Å². The van der Waals surface area contributed by atoms with Crippen LogP contribution >= 0.6 is 0 Å². The molecule has 1 aromatic carbocycles. The lowest BCUT2D eigenvalue weighted by Gasteiger charge is -2.40. The molecule has 1 aliphatic heterocycles. The Morgan fingerprint density at radius 3 is 2.59 bits per heavy atom. The van der Waals surface area contributed by atoms with E-state index in [1.165, 1.54) is 0 Å². The van der Waals surface area contributed by atoms with E-state index in [1.807, 2.05) is 24.4 Å². The Hall–Kier alpha value is -2.47. The van der Waals surface area contributed by atoms with Crippen molar-refractivity contribution in [2.75, 3.05) is 13.1 Å². The summed E-state index contributed by atoms with van der Waals surface area (Å²) in [5, 5.41) is 11.3. The van der Waals surface area contributed by atoms with Gasteiger partial charge in [-0.15, -0.1) is 5.10 Å². The number of carbonyl (C=O) groups is 1. The Morgan fingerprint density at radius 1 is 1.22 bits per heavy atom. The first-order valence-corrected chi connectivity index (χ1v) is 9.58. The lowest BCUT2D eigenvalue weighted by Crippen LogP contribution is -2.50. The normalized spacial score (nSPS) is 16.7.